The fourth-order valence-corrected chi connectivity index (χ4v) is 5.62. The SMILES string of the molecule is CC(C)(C)OC(=O)N1[C@@H](O)CS[C@]12C(=O)N(Cc1ccccc1)c1ccc(Br)cc12. The molecule has 8 heteroatoms. The average molecular weight is 491 g/mol. The Hall–Kier alpha value is -2.03. The van der Waals surface area contributed by atoms with Gasteiger partial charge in [0.25, 0.3) is 5.91 Å². The summed E-state index contributed by atoms with van der Waals surface area (Å²) in [5.41, 5.74) is 1.62. The molecular weight excluding hydrogens is 468 g/mol. The average Bonchev–Trinajstić information content (AvgIpc) is 3.13. The number of ether oxygens (including phenoxy) is 1. The molecule has 0 saturated carbocycles. The minimum absolute atomic E-state index is 0.218. The van der Waals surface area contributed by atoms with Crippen molar-refractivity contribution in [3.63, 3.8) is 0 Å². The van der Waals surface area contributed by atoms with Crippen LogP contribution in [0.15, 0.2) is 53.0 Å². The number of carbonyl (C=O) groups excluding carboxylic acids is 2. The molecule has 1 spiro atoms. The van der Waals surface area contributed by atoms with Crippen LogP contribution in [0.25, 0.3) is 0 Å². The highest BCUT2D eigenvalue weighted by Crippen LogP contribution is 2.56. The van der Waals surface area contributed by atoms with Crippen molar-refractivity contribution in [1.29, 1.82) is 0 Å². The third-order valence-corrected chi connectivity index (χ3v) is 6.97. The summed E-state index contributed by atoms with van der Waals surface area (Å²) in [6.07, 6.45) is -1.84. The lowest BCUT2D eigenvalue weighted by molar-refractivity contribution is -0.128. The van der Waals surface area contributed by atoms with Crippen molar-refractivity contribution in [2.45, 2.75) is 44.0 Å². The zero-order valence-corrected chi connectivity index (χ0v) is 19.4. The quantitative estimate of drug-likeness (QED) is 0.673. The molecule has 0 unspecified atom stereocenters. The first-order valence-corrected chi connectivity index (χ1v) is 11.4. The molecule has 6 nitrogen and oxygen atoms in total. The summed E-state index contributed by atoms with van der Waals surface area (Å²) in [5.74, 6) is -0.0392. The van der Waals surface area contributed by atoms with Gasteiger partial charge in [-0.15, -0.1) is 11.8 Å². The van der Waals surface area contributed by atoms with E-state index in [-0.39, 0.29) is 11.7 Å². The molecule has 2 aliphatic rings. The van der Waals surface area contributed by atoms with Gasteiger partial charge >= 0.3 is 6.09 Å². The zero-order chi connectivity index (χ0) is 21.7. The maximum absolute atomic E-state index is 13.9. The standard InChI is InChI=1S/C22H23BrN2O4S/c1-21(2,3)29-20(28)25-18(26)13-30-22(25)16-11-15(23)9-10-17(16)24(19(22)27)12-14-7-5-4-6-8-14/h4-11,18,26H,12-13H2,1-3H3/t18-,22+/m0/s1. The lowest BCUT2D eigenvalue weighted by Gasteiger charge is -2.35. The van der Waals surface area contributed by atoms with Crippen LogP contribution in [-0.4, -0.2) is 39.6 Å². The topological polar surface area (TPSA) is 70.1 Å². The van der Waals surface area contributed by atoms with Crippen molar-refractivity contribution in [2.24, 2.45) is 0 Å². The number of hydrogen-bond acceptors (Lipinski definition) is 5. The molecule has 4 rings (SSSR count). The molecule has 0 bridgehead atoms. The fraction of sp³-hybridized carbons (Fsp3) is 0.364. The van der Waals surface area contributed by atoms with Crippen LogP contribution in [0.3, 0.4) is 0 Å². The number of fused-ring (bicyclic) bond motifs is 2. The van der Waals surface area contributed by atoms with Gasteiger partial charge in [0, 0.05) is 15.8 Å². The number of carbonyl (C=O) groups is 2. The number of hydrogen-bond donors (Lipinski definition) is 1. The predicted molar refractivity (Wildman–Crippen MR) is 120 cm³/mol. The van der Waals surface area contributed by atoms with Crippen molar-refractivity contribution in [3.8, 4) is 0 Å². The van der Waals surface area contributed by atoms with E-state index in [1.807, 2.05) is 48.5 Å². The van der Waals surface area contributed by atoms with Gasteiger partial charge in [-0.3, -0.25) is 9.69 Å². The number of anilines is 1. The van der Waals surface area contributed by atoms with Crippen LogP contribution in [0, 0.1) is 0 Å². The fourth-order valence-electron chi connectivity index (χ4n) is 3.83. The molecule has 2 atom stereocenters. The van der Waals surface area contributed by atoms with Crippen molar-refractivity contribution in [3.05, 3.63) is 64.1 Å². The molecule has 0 radical (unpaired) electrons. The van der Waals surface area contributed by atoms with E-state index >= 15 is 0 Å². The number of thioether (sulfide) groups is 1. The van der Waals surface area contributed by atoms with Crippen LogP contribution in [-0.2, 0) is 20.9 Å². The number of aliphatic hydroxyl groups excluding tert-OH is 1. The Morgan fingerprint density at radius 2 is 1.97 bits per heavy atom. The second-order valence-corrected chi connectivity index (χ2v) is 10.5. The Labute approximate surface area is 188 Å². The number of rotatable bonds is 2. The summed E-state index contributed by atoms with van der Waals surface area (Å²) >= 11 is 4.75. The summed E-state index contributed by atoms with van der Waals surface area (Å²) in [6.45, 7) is 5.65. The largest absolute Gasteiger partial charge is 0.444 e. The van der Waals surface area contributed by atoms with Crippen molar-refractivity contribution in [1.82, 2.24) is 4.90 Å². The van der Waals surface area contributed by atoms with Gasteiger partial charge in [-0.05, 0) is 44.5 Å². The van der Waals surface area contributed by atoms with E-state index in [0.29, 0.717) is 12.1 Å². The molecule has 2 amide bonds. The smallest absolute Gasteiger partial charge is 0.414 e. The van der Waals surface area contributed by atoms with Crippen LogP contribution in [0.2, 0.25) is 0 Å². The van der Waals surface area contributed by atoms with E-state index in [4.69, 9.17) is 4.74 Å². The number of nitrogens with zero attached hydrogens (tertiary/aromatic N) is 2. The molecular formula is C22H23BrN2O4S. The van der Waals surface area contributed by atoms with Crippen LogP contribution in [0.4, 0.5) is 10.5 Å². The number of amides is 2. The molecule has 0 aromatic heterocycles. The van der Waals surface area contributed by atoms with Crippen molar-refractivity contribution < 1.29 is 19.4 Å². The van der Waals surface area contributed by atoms with Gasteiger partial charge in [-0.1, -0.05) is 46.3 Å². The number of aliphatic hydroxyl groups is 1. The molecule has 1 N–H and O–H groups in total. The van der Waals surface area contributed by atoms with Crippen LogP contribution < -0.4 is 4.90 Å². The molecule has 1 fully saturated rings. The Bertz CT molecular complexity index is 994. The van der Waals surface area contributed by atoms with Gasteiger partial charge in [-0.25, -0.2) is 4.79 Å². The highest BCUT2D eigenvalue weighted by Gasteiger charge is 2.63. The van der Waals surface area contributed by atoms with Gasteiger partial charge in [-0.2, -0.15) is 0 Å². The normalized spacial score (nSPS) is 23.2. The first-order chi connectivity index (χ1) is 14.1. The molecule has 2 aromatic carbocycles. The van der Waals surface area contributed by atoms with E-state index in [2.05, 4.69) is 15.9 Å². The Kier molecular flexibility index (Phi) is 5.36. The number of halogens is 1. The van der Waals surface area contributed by atoms with Crippen LogP contribution in [0.1, 0.15) is 31.9 Å². The van der Waals surface area contributed by atoms with Crippen molar-refractivity contribution in [2.75, 3.05) is 10.7 Å². The van der Waals surface area contributed by atoms with Gasteiger partial charge in [0.05, 0.1) is 12.2 Å². The van der Waals surface area contributed by atoms with Crippen molar-refractivity contribution >= 4 is 45.4 Å². The minimum Gasteiger partial charge on any atom is -0.444 e. The first kappa shape index (κ1) is 21.2. The summed E-state index contributed by atoms with van der Waals surface area (Å²) in [5, 5.41) is 10.7. The van der Waals surface area contributed by atoms with Gasteiger partial charge < -0.3 is 14.7 Å². The first-order valence-electron chi connectivity index (χ1n) is 9.64. The van der Waals surface area contributed by atoms with Gasteiger partial charge in [0.15, 0.2) is 0 Å². The lowest BCUT2D eigenvalue weighted by atomic mass is 10.1. The second kappa shape index (κ2) is 7.59. The van der Waals surface area contributed by atoms with Crippen LogP contribution in [0.5, 0.6) is 0 Å². The molecule has 2 aliphatic heterocycles. The second-order valence-electron chi connectivity index (χ2n) is 8.32. The predicted octanol–water partition coefficient (Wildman–Crippen LogP) is 4.45. The molecule has 158 valence electrons. The molecule has 2 aromatic rings. The van der Waals surface area contributed by atoms with E-state index in [1.165, 1.54) is 16.7 Å². The summed E-state index contributed by atoms with van der Waals surface area (Å²) in [4.78, 5) is 28.5. The summed E-state index contributed by atoms with van der Waals surface area (Å²) in [6, 6.07) is 15.3. The van der Waals surface area contributed by atoms with Gasteiger partial charge in [0.2, 0.25) is 4.87 Å². The Balaban J connectivity index is 1.81. The third-order valence-electron chi connectivity index (χ3n) is 5.00. The van der Waals surface area contributed by atoms with E-state index in [9.17, 15) is 14.7 Å². The lowest BCUT2D eigenvalue weighted by Crippen LogP contribution is -2.54. The number of benzene rings is 2. The maximum atomic E-state index is 13.9. The van der Waals surface area contributed by atoms with Crippen LogP contribution >= 0.6 is 27.7 Å². The van der Waals surface area contributed by atoms with E-state index in [0.717, 1.165) is 15.7 Å². The van der Waals surface area contributed by atoms with E-state index in [1.54, 1.807) is 25.7 Å². The Morgan fingerprint density at radius 3 is 2.63 bits per heavy atom. The molecule has 30 heavy (non-hydrogen) atoms. The minimum atomic E-state index is -1.37. The third kappa shape index (κ3) is 3.50. The molecule has 2 heterocycles. The summed E-state index contributed by atoms with van der Waals surface area (Å²) in [7, 11) is 0. The zero-order valence-electron chi connectivity index (χ0n) is 17.0. The summed E-state index contributed by atoms with van der Waals surface area (Å²) < 4.78 is 6.35. The Morgan fingerprint density at radius 1 is 1.27 bits per heavy atom. The van der Waals surface area contributed by atoms with E-state index < -0.39 is 22.8 Å². The molecule has 1 saturated heterocycles. The highest BCUT2D eigenvalue weighted by molar-refractivity contribution is 9.10. The van der Waals surface area contributed by atoms with Gasteiger partial charge in [0.1, 0.15) is 11.8 Å². The maximum Gasteiger partial charge on any atom is 0.414 e. The monoisotopic (exact) mass is 490 g/mol. The molecule has 0 aliphatic carbocycles. The highest BCUT2D eigenvalue weighted by atomic mass is 79.9.